The van der Waals surface area contributed by atoms with E-state index >= 15 is 0 Å². The van der Waals surface area contributed by atoms with Gasteiger partial charge in [0.05, 0.1) is 7.11 Å². The molecule has 1 heterocycles. The van der Waals surface area contributed by atoms with Gasteiger partial charge in [0.15, 0.2) is 12.3 Å². The lowest BCUT2D eigenvalue weighted by atomic mass is 10.1. The number of Topliss-reactive ketones (excluding diaryl/α,β-unsaturated/α-hetero) is 1. The Hall–Kier alpha value is -2.95. The summed E-state index contributed by atoms with van der Waals surface area (Å²) in [6, 6.07) is 17.1. The van der Waals surface area contributed by atoms with E-state index in [9.17, 15) is 4.79 Å². The van der Waals surface area contributed by atoms with Crippen LogP contribution in [0.25, 0.3) is 5.69 Å². The fourth-order valence-corrected chi connectivity index (χ4v) is 2.75. The van der Waals surface area contributed by atoms with Gasteiger partial charge in [-0.05, 0) is 36.4 Å². The van der Waals surface area contributed by atoms with Crippen LogP contribution in [0.15, 0.2) is 54.6 Å². The Kier molecular flexibility index (Phi) is 4.42. The summed E-state index contributed by atoms with van der Waals surface area (Å²) in [6.07, 6.45) is 0. The molecular weight excluding hydrogens is 302 g/mol. The van der Waals surface area contributed by atoms with E-state index in [0.717, 1.165) is 23.1 Å². The fourth-order valence-electron chi connectivity index (χ4n) is 2.75. The van der Waals surface area contributed by atoms with Crippen molar-refractivity contribution in [3.05, 3.63) is 71.8 Å². The van der Waals surface area contributed by atoms with E-state index in [-0.39, 0.29) is 12.3 Å². The highest BCUT2D eigenvalue weighted by molar-refractivity contribution is 5.95. The smallest absolute Gasteiger partial charge is 0.279 e. The van der Waals surface area contributed by atoms with Crippen molar-refractivity contribution in [3.8, 4) is 11.4 Å². The maximum atomic E-state index is 12.5. The number of hydrogen-bond donors (Lipinski definition) is 0. The van der Waals surface area contributed by atoms with Crippen molar-refractivity contribution in [2.45, 2.75) is 20.4 Å². The first-order chi connectivity index (χ1) is 11.6. The maximum Gasteiger partial charge on any atom is 0.279 e. The first kappa shape index (κ1) is 15.9. The highest BCUT2D eigenvalue weighted by Gasteiger charge is 2.23. The van der Waals surface area contributed by atoms with Crippen LogP contribution in [0.5, 0.6) is 5.75 Å². The lowest BCUT2D eigenvalue weighted by Crippen LogP contribution is -2.36. The number of hydrogen-bond acceptors (Lipinski definition) is 3. The molecule has 0 radical (unpaired) electrons. The third-order valence-electron chi connectivity index (χ3n) is 4.01. The summed E-state index contributed by atoms with van der Waals surface area (Å²) in [4.78, 5) is 12.5. The molecule has 3 rings (SSSR count). The number of aromatic nitrogens is 3. The molecule has 0 aliphatic heterocycles. The minimum atomic E-state index is 0.0171. The van der Waals surface area contributed by atoms with E-state index in [2.05, 4.69) is 5.10 Å². The summed E-state index contributed by atoms with van der Waals surface area (Å²) < 4.78 is 8.91. The SMILES string of the molecule is COc1ccc(C(=O)Cn2nc(C)[n+](-c3ccccc3)c2C)cc1. The van der Waals surface area contributed by atoms with Gasteiger partial charge in [-0.1, -0.05) is 18.2 Å². The zero-order chi connectivity index (χ0) is 17.1. The number of carbonyl (C=O) groups excluding carboxylic acids is 1. The summed E-state index contributed by atoms with van der Waals surface area (Å²) in [6.45, 7) is 4.11. The van der Waals surface area contributed by atoms with Gasteiger partial charge in [0.25, 0.3) is 5.82 Å². The van der Waals surface area contributed by atoms with Crippen LogP contribution in [-0.2, 0) is 6.54 Å². The molecule has 0 fully saturated rings. The van der Waals surface area contributed by atoms with Crippen molar-refractivity contribution in [2.75, 3.05) is 7.11 Å². The molecule has 1 aromatic heterocycles. The van der Waals surface area contributed by atoms with Gasteiger partial charge in [0.1, 0.15) is 11.4 Å². The second-order valence-electron chi connectivity index (χ2n) is 5.57. The highest BCUT2D eigenvalue weighted by Crippen LogP contribution is 2.13. The van der Waals surface area contributed by atoms with Crippen LogP contribution >= 0.6 is 0 Å². The van der Waals surface area contributed by atoms with Crippen molar-refractivity contribution in [3.63, 3.8) is 0 Å². The molecule has 0 aliphatic rings. The van der Waals surface area contributed by atoms with Crippen molar-refractivity contribution in [1.82, 2.24) is 9.78 Å². The van der Waals surface area contributed by atoms with E-state index in [1.54, 1.807) is 36.1 Å². The largest absolute Gasteiger partial charge is 0.497 e. The summed E-state index contributed by atoms with van der Waals surface area (Å²) >= 11 is 0. The van der Waals surface area contributed by atoms with Crippen molar-refractivity contribution in [2.24, 2.45) is 0 Å². The van der Waals surface area contributed by atoms with Crippen LogP contribution in [0, 0.1) is 13.8 Å². The molecule has 0 aliphatic carbocycles. The van der Waals surface area contributed by atoms with E-state index in [1.807, 2.05) is 48.7 Å². The Bertz CT molecular complexity index is 852. The number of ketones is 1. The molecule has 0 saturated carbocycles. The van der Waals surface area contributed by atoms with Gasteiger partial charge in [-0.15, -0.1) is 4.68 Å². The van der Waals surface area contributed by atoms with Crippen molar-refractivity contribution in [1.29, 1.82) is 0 Å². The summed E-state index contributed by atoms with van der Waals surface area (Å²) in [5.41, 5.74) is 1.69. The van der Waals surface area contributed by atoms with Crippen LogP contribution in [0.2, 0.25) is 0 Å². The predicted molar refractivity (Wildman–Crippen MR) is 90.6 cm³/mol. The Morgan fingerprint density at radius 3 is 2.38 bits per heavy atom. The number of methoxy groups -OCH3 is 1. The Labute approximate surface area is 141 Å². The molecule has 2 aromatic carbocycles. The van der Waals surface area contributed by atoms with E-state index < -0.39 is 0 Å². The third kappa shape index (κ3) is 3.06. The van der Waals surface area contributed by atoms with Crippen LogP contribution in [0.4, 0.5) is 0 Å². The zero-order valence-corrected chi connectivity index (χ0v) is 14.1. The number of benzene rings is 2. The lowest BCUT2D eigenvalue weighted by Gasteiger charge is -2.02. The maximum absolute atomic E-state index is 12.5. The molecule has 122 valence electrons. The number of para-hydroxylation sites is 1. The summed E-state index contributed by atoms with van der Waals surface area (Å²) in [7, 11) is 1.61. The second-order valence-corrected chi connectivity index (χ2v) is 5.57. The number of nitrogens with zero attached hydrogens (tertiary/aromatic N) is 3. The topological polar surface area (TPSA) is 48.0 Å². The Morgan fingerprint density at radius 1 is 1.08 bits per heavy atom. The molecular formula is C19H20N3O2+. The summed E-state index contributed by atoms with van der Waals surface area (Å²) in [5, 5.41) is 4.52. The monoisotopic (exact) mass is 322 g/mol. The first-order valence-electron chi connectivity index (χ1n) is 7.79. The minimum absolute atomic E-state index is 0.0171. The van der Waals surface area contributed by atoms with Crippen LogP contribution in [0.1, 0.15) is 22.0 Å². The molecule has 0 N–H and O–H groups in total. The standard InChI is InChI=1S/C19H20N3O2/c1-14-20-21(15(2)22(14)17-7-5-4-6-8-17)13-19(23)16-9-11-18(24-3)12-10-16/h4-12H,13H2,1-3H3/q+1. The molecule has 5 nitrogen and oxygen atoms in total. The molecule has 0 atom stereocenters. The van der Waals surface area contributed by atoms with E-state index in [0.29, 0.717) is 5.56 Å². The minimum Gasteiger partial charge on any atom is -0.497 e. The van der Waals surface area contributed by atoms with Crippen molar-refractivity contribution < 1.29 is 14.1 Å². The molecule has 24 heavy (non-hydrogen) atoms. The van der Waals surface area contributed by atoms with Gasteiger partial charge in [0, 0.05) is 24.5 Å². The van der Waals surface area contributed by atoms with Crippen LogP contribution in [-0.4, -0.2) is 22.7 Å². The molecule has 0 saturated heterocycles. The molecule has 0 unspecified atom stereocenters. The highest BCUT2D eigenvalue weighted by atomic mass is 16.5. The normalized spacial score (nSPS) is 10.6. The van der Waals surface area contributed by atoms with Gasteiger partial charge >= 0.3 is 0 Å². The number of aryl methyl sites for hydroxylation is 1. The average Bonchev–Trinajstić information content (AvgIpc) is 2.89. The number of rotatable bonds is 5. The van der Waals surface area contributed by atoms with Crippen LogP contribution < -0.4 is 9.30 Å². The lowest BCUT2D eigenvalue weighted by molar-refractivity contribution is -0.610. The van der Waals surface area contributed by atoms with E-state index in [1.165, 1.54) is 0 Å². The molecule has 0 bridgehead atoms. The first-order valence-corrected chi connectivity index (χ1v) is 7.79. The van der Waals surface area contributed by atoms with Gasteiger partial charge in [-0.3, -0.25) is 4.79 Å². The van der Waals surface area contributed by atoms with Gasteiger partial charge in [-0.2, -0.15) is 4.57 Å². The van der Waals surface area contributed by atoms with Crippen LogP contribution in [0.3, 0.4) is 0 Å². The quantitative estimate of drug-likeness (QED) is 0.536. The average molecular weight is 322 g/mol. The zero-order valence-electron chi connectivity index (χ0n) is 14.1. The van der Waals surface area contributed by atoms with Gasteiger partial charge in [-0.25, -0.2) is 0 Å². The Balaban J connectivity index is 1.86. The van der Waals surface area contributed by atoms with Gasteiger partial charge in [0.2, 0.25) is 5.82 Å². The third-order valence-corrected chi connectivity index (χ3v) is 4.01. The number of ether oxygens (including phenoxy) is 1. The van der Waals surface area contributed by atoms with E-state index in [4.69, 9.17) is 4.74 Å². The molecule has 0 spiro atoms. The summed E-state index contributed by atoms with van der Waals surface area (Å²) in [5.74, 6) is 2.52. The second kappa shape index (κ2) is 6.66. The van der Waals surface area contributed by atoms with Gasteiger partial charge < -0.3 is 4.74 Å². The molecule has 0 amide bonds. The fraction of sp³-hybridized carbons (Fsp3) is 0.211. The molecule has 5 heteroatoms. The Morgan fingerprint density at radius 2 is 1.75 bits per heavy atom. The molecule has 3 aromatic rings. The van der Waals surface area contributed by atoms with Crippen molar-refractivity contribution >= 4 is 5.78 Å². The predicted octanol–water partition coefficient (Wildman–Crippen LogP) is 2.67. The number of carbonyl (C=O) groups is 1.